The van der Waals surface area contributed by atoms with Gasteiger partial charge in [0.2, 0.25) is 5.91 Å². The number of nitrogens with two attached hydrogens (primary N) is 1. The Labute approximate surface area is 196 Å². The number of morpholine rings is 1. The van der Waals surface area contributed by atoms with Gasteiger partial charge in [-0.05, 0) is 36.3 Å². The zero-order valence-electron chi connectivity index (χ0n) is 19.9. The van der Waals surface area contributed by atoms with Gasteiger partial charge in [-0.3, -0.25) is 4.79 Å². The number of likely N-dealkylation sites (tertiary alicyclic amines) is 1. The maximum Gasteiger partial charge on any atom is 0.228 e. The fourth-order valence-electron chi connectivity index (χ4n) is 3.80. The summed E-state index contributed by atoms with van der Waals surface area (Å²) in [5, 5.41) is -0.628. The van der Waals surface area contributed by atoms with E-state index in [4.69, 9.17) is 10.5 Å². The highest BCUT2D eigenvalue weighted by Crippen LogP contribution is 2.33. The van der Waals surface area contributed by atoms with E-state index in [-0.39, 0.29) is 23.9 Å². The molecular weight excluding hydrogens is 440 g/mol. The van der Waals surface area contributed by atoms with Crippen molar-refractivity contribution in [3.8, 4) is 0 Å². The van der Waals surface area contributed by atoms with Crippen LogP contribution in [0.5, 0.6) is 0 Å². The molecule has 180 valence electrons. The number of anilines is 1. The first kappa shape index (κ1) is 25.0. The average molecular weight is 475 g/mol. The number of aliphatic imine (C=N–C) groups is 1. The van der Waals surface area contributed by atoms with Crippen LogP contribution in [-0.4, -0.2) is 69.7 Å². The van der Waals surface area contributed by atoms with Gasteiger partial charge in [0, 0.05) is 43.5 Å². The highest BCUT2D eigenvalue weighted by atomic mass is 32.2. The molecule has 8 nitrogen and oxygen atoms in total. The van der Waals surface area contributed by atoms with Crippen molar-refractivity contribution in [2.45, 2.75) is 37.8 Å². The molecule has 2 fully saturated rings. The van der Waals surface area contributed by atoms with Gasteiger partial charge in [-0.2, -0.15) is 0 Å². The van der Waals surface area contributed by atoms with Gasteiger partial charge >= 0.3 is 0 Å². The lowest BCUT2D eigenvalue weighted by atomic mass is 9.93. The van der Waals surface area contributed by atoms with Gasteiger partial charge in [0.15, 0.2) is 9.84 Å². The Morgan fingerprint density at radius 2 is 1.85 bits per heavy atom. The lowest BCUT2D eigenvalue weighted by molar-refractivity contribution is -0.142. The van der Waals surface area contributed by atoms with Crippen molar-refractivity contribution in [1.82, 2.24) is 4.90 Å². The Hall–Kier alpha value is -2.65. The fourth-order valence-corrected chi connectivity index (χ4v) is 5.52. The summed E-state index contributed by atoms with van der Waals surface area (Å²) in [5.41, 5.74) is 7.30. The molecule has 0 saturated carbocycles. The second-order valence-electron chi connectivity index (χ2n) is 9.50. The molecule has 2 saturated heterocycles. The Bertz CT molecular complexity index is 1070. The number of carbonyl (C=O) groups is 1. The van der Waals surface area contributed by atoms with Crippen molar-refractivity contribution in [2.75, 3.05) is 44.3 Å². The first-order valence-electron chi connectivity index (χ1n) is 11.1. The Kier molecular flexibility index (Phi) is 7.33. The Morgan fingerprint density at radius 1 is 1.21 bits per heavy atom. The highest BCUT2D eigenvalue weighted by Gasteiger charge is 2.43. The number of nitrogens with zero attached hydrogens (tertiary/aromatic N) is 3. The van der Waals surface area contributed by atoms with Crippen LogP contribution >= 0.6 is 0 Å². The van der Waals surface area contributed by atoms with Crippen LogP contribution in [0.3, 0.4) is 0 Å². The van der Waals surface area contributed by atoms with Crippen LogP contribution in [0, 0.1) is 5.41 Å². The molecule has 0 atom stereocenters. The number of amidine groups is 1. The minimum Gasteiger partial charge on any atom is -0.387 e. The molecule has 0 aromatic heterocycles. The molecule has 2 heterocycles. The second kappa shape index (κ2) is 9.69. The van der Waals surface area contributed by atoms with Gasteiger partial charge < -0.3 is 20.3 Å². The van der Waals surface area contributed by atoms with Crippen molar-refractivity contribution in [3.05, 3.63) is 42.6 Å². The quantitative estimate of drug-likeness (QED) is 0.386. The number of hydrogen-bond donors (Lipinski definition) is 1. The van der Waals surface area contributed by atoms with Crippen LogP contribution in [0.25, 0.3) is 5.57 Å². The van der Waals surface area contributed by atoms with E-state index in [2.05, 4.69) is 16.5 Å². The predicted molar refractivity (Wildman–Crippen MR) is 132 cm³/mol. The van der Waals surface area contributed by atoms with Gasteiger partial charge in [-0.25, -0.2) is 13.4 Å². The standard InChI is InChI=1S/C24H34N4O4S/c1-6-18(14-26-17(2)25)19-11-20(27-7-9-32-10-8-27)13-21(12-19)33(30,31)22-15-28(16-22)23(29)24(3,4)5/h6,11-14,22H,1,7-10,15-16H2,2-5H3,(H2,25,26)/b18-14+. The summed E-state index contributed by atoms with van der Waals surface area (Å²) in [6.07, 6.45) is 3.22. The summed E-state index contributed by atoms with van der Waals surface area (Å²) >= 11 is 0. The van der Waals surface area contributed by atoms with E-state index in [1.807, 2.05) is 26.8 Å². The van der Waals surface area contributed by atoms with Crippen molar-refractivity contribution in [2.24, 2.45) is 16.1 Å². The van der Waals surface area contributed by atoms with Crippen LogP contribution < -0.4 is 10.6 Å². The monoisotopic (exact) mass is 474 g/mol. The fraction of sp³-hybridized carbons (Fsp3) is 0.500. The predicted octanol–water partition coefficient (Wildman–Crippen LogP) is 2.46. The average Bonchev–Trinajstić information content (AvgIpc) is 2.72. The topological polar surface area (TPSA) is 105 Å². The first-order valence-corrected chi connectivity index (χ1v) is 12.6. The summed E-state index contributed by atoms with van der Waals surface area (Å²) in [4.78, 5) is 20.6. The van der Waals surface area contributed by atoms with Crippen LogP contribution in [-0.2, 0) is 19.4 Å². The lowest BCUT2D eigenvalue weighted by Crippen LogP contribution is -2.59. The number of amides is 1. The molecule has 0 bridgehead atoms. The molecule has 1 aromatic carbocycles. The molecular formula is C24H34N4O4S. The number of hydrogen-bond acceptors (Lipinski definition) is 6. The van der Waals surface area contributed by atoms with E-state index in [0.29, 0.717) is 43.3 Å². The van der Waals surface area contributed by atoms with Gasteiger partial charge in [0.05, 0.1) is 23.9 Å². The molecule has 0 unspecified atom stereocenters. The normalized spacial score (nSPS) is 18.8. The van der Waals surface area contributed by atoms with E-state index in [1.54, 1.807) is 36.2 Å². The molecule has 33 heavy (non-hydrogen) atoms. The summed E-state index contributed by atoms with van der Waals surface area (Å²) in [6.45, 7) is 14.0. The molecule has 2 aliphatic rings. The molecule has 0 spiro atoms. The van der Waals surface area contributed by atoms with Gasteiger partial charge in [-0.1, -0.05) is 33.4 Å². The largest absolute Gasteiger partial charge is 0.387 e. The van der Waals surface area contributed by atoms with E-state index < -0.39 is 20.5 Å². The molecule has 0 radical (unpaired) electrons. The van der Waals surface area contributed by atoms with Crippen molar-refractivity contribution < 1.29 is 17.9 Å². The summed E-state index contributed by atoms with van der Waals surface area (Å²) in [7, 11) is -3.64. The van der Waals surface area contributed by atoms with Crippen molar-refractivity contribution in [3.63, 3.8) is 0 Å². The number of rotatable bonds is 6. The SMILES string of the molecule is C=C/C(=C\N=C(/C)N)c1cc(N2CCOCC2)cc(S(=O)(=O)C2CN(C(=O)C(C)(C)C)C2)c1. The zero-order chi connectivity index (χ0) is 24.4. The number of allylic oxidation sites excluding steroid dienone is 2. The van der Waals surface area contributed by atoms with Crippen LogP contribution in [0.4, 0.5) is 5.69 Å². The third-order valence-corrected chi connectivity index (χ3v) is 7.84. The third-order valence-electron chi connectivity index (χ3n) is 5.77. The van der Waals surface area contributed by atoms with Crippen LogP contribution in [0.2, 0.25) is 0 Å². The van der Waals surface area contributed by atoms with Gasteiger partial charge in [0.1, 0.15) is 5.25 Å². The minimum atomic E-state index is -3.64. The zero-order valence-corrected chi connectivity index (χ0v) is 20.7. The summed E-state index contributed by atoms with van der Waals surface area (Å²) in [6, 6.07) is 5.31. The Morgan fingerprint density at radius 3 is 2.39 bits per heavy atom. The Balaban J connectivity index is 1.98. The van der Waals surface area contributed by atoms with Crippen LogP contribution in [0.1, 0.15) is 33.3 Å². The minimum absolute atomic E-state index is 0.0383. The van der Waals surface area contributed by atoms with E-state index in [0.717, 1.165) is 5.69 Å². The molecule has 2 N–H and O–H groups in total. The molecule has 9 heteroatoms. The molecule has 0 aliphatic carbocycles. The number of sulfone groups is 1. The number of ether oxygens (including phenoxy) is 1. The van der Waals surface area contributed by atoms with E-state index >= 15 is 0 Å². The molecule has 2 aliphatic heterocycles. The molecule has 3 rings (SSSR count). The number of carbonyl (C=O) groups excluding carboxylic acids is 1. The van der Waals surface area contributed by atoms with Crippen molar-refractivity contribution >= 4 is 32.8 Å². The molecule has 1 aromatic rings. The van der Waals surface area contributed by atoms with Gasteiger partial charge in [0.25, 0.3) is 0 Å². The second-order valence-corrected chi connectivity index (χ2v) is 11.7. The maximum absolute atomic E-state index is 13.5. The number of benzene rings is 1. The van der Waals surface area contributed by atoms with Gasteiger partial charge in [-0.15, -0.1) is 0 Å². The van der Waals surface area contributed by atoms with Crippen LogP contribution in [0.15, 0.2) is 46.9 Å². The van der Waals surface area contributed by atoms with Crippen molar-refractivity contribution in [1.29, 1.82) is 0 Å². The van der Waals surface area contributed by atoms with E-state index in [1.165, 1.54) is 0 Å². The summed E-state index contributed by atoms with van der Waals surface area (Å²) < 4.78 is 32.5. The smallest absolute Gasteiger partial charge is 0.228 e. The summed E-state index contributed by atoms with van der Waals surface area (Å²) in [5.74, 6) is 0.355. The highest BCUT2D eigenvalue weighted by molar-refractivity contribution is 7.92. The lowest BCUT2D eigenvalue weighted by Gasteiger charge is -2.41. The van der Waals surface area contributed by atoms with E-state index in [9.17, 15) is 13.2 Å². The molecule has 1 amide bonds. The first-order chi connectivity index (χ1) is 15.4. The third kappa shape index (κ3) is 5.65. The maximum atomic E-state index is 13.5.